The summed E-state index contributed by atoms with van der Waals surface area (Å²) in [6, 6.07) is 2.28. The van der Waals surface area contributed by atoms with Crippen LogP contribution in [-0.4, -0.2) is 48.5 Å². The third kappa shape index (κ3) is 6.03. The molecule has 1 amide bonds. The second-order valence-electron chi connectivity index (χ2n) is 5.65. The van der Waals surface area contributed by atoms with E-state index in [4.69, 9.17) is 0 Å². The standard InChI is InChI=1S/C15H19F3N4O3.ClH/c16-15(17,18)11-2-3-12(13(10-11)22(24)25)20-6-4-14(23)21-8-1-5-19-7-9-21;/h2-3,10,19-20H,1,4-9H2;1H. The summed E-state index contributed by atoms with van der Waals surface area (Å²) in [5.74, 6) is -0.0919. The quantitative estimate of drug-likeness (QED) is 0.590. The summed E-state index contributed by atoms with van der Waals surface area (Å²) in [6.07, 6.45) is -3.69. The third-order valence-corrected chi connectivity index (χ3v) is 3.87. The number of amides is 1. The van der Waals surface area contributed by atoms with Crippen LogP contribution >= 0.6 is 12.4 Å². The molecule has 1 fully saturated rings. The maximum Gasteiger partial charge on any atom is 0.416 e. The Morgan fingerprint density at radius 3 is 2.69 bits per heavy atom. The average molecular weight is 397 g/mol. The summed E-state index contributed by atoms with van der Waals surface area (Å²) in [5.41, 5.74) is -1.79. The summed E-state index contributed by atoms with van der Waals surface area (Å²) >= 11 is 0. The van der Waals surface area contributed by atoms with Gasteiger partial charge in [0.1, 0.15) is 5.69 Å². The molecule has 1 aliphatic rings. The topological polar surface area (TPSA) is 87.5 Å². The van der Waals surface area contributed by atoms with Gasteiger partial charge in [0.05, 0.1) is 10.5 Å². The van der Waals surface area contributed by atoms with Crippen molar-refractivity contribution in [2.75, 3.05) is 38.0 Å². The van der Waals surface area contributed by atoms with Crippen LogP contribution in [-0.2, 0) is 11.0 Å². The Bertz CT molecular complexity index is 635. The second-order valence-corrected chi connectivity index (χ2v) is 5.65. The van der Waals surface area contributed by atoms with Gasteiger partial charge in [-0.2, -0.15) is 13.2 Å². The van der Waals surface area contributed by atoms with Gasteiger partial charge in [-0.25, -0.2) is 0 Å². The van der Waals surface area contributed by atoms with Crippen molar-refractivity contribution in [1.29, 1.82) is 0 Å². The molecule has 0 atom stereocenters. The lowest BCUT2D eigenvalue weighted by atomic mass is 10.1. The molecule has 1 heterocycles. The summed E-state index contributed by atoms with van der Waals surface area (Å²) < 4.78 is 38.0. The highest BCUT2D eigenvalue weighted by Crippen LogP contribution is 2.34. The Morgan fingerprint density at radius 1 is 1.31 bits per heavy atom. The summed E-state index contributed by atoms with van der Waals surface area (Å²) in [7, 11) is 0. The lowest BCUT2D eigenvalue weighted by Gasteiger charge is -2.20. The fraction of sp³-hybridized carbons (Fsp3) is 0.533. The first-order valence-corrected chi connectivity index (χ1v) is 7.87. The van der Waals surface area contributed by atoms with Crippen molar-refractivity contribution < 1.29 is 22.9 Å². The number of carbonyl (C=O) groups excluding carboxylic acids is 1. The van der Waals surface area contributed by atoms with Crippen LogP contribution < -0.4 is 10.6 Å². The third-order valence-electron chi connectivity index (χ3n) is 3.87. The van der Waals surface area contributed by atoms with Gasteiger partial charge in [-0.3, -0.25) is 14.9 Å². The Morgan fingerprint density at radius 2 is 2.04 bits per heavy atom. The Labute approximate surface area is 154 Å². The van der Waals surface area contributed by atoms with Gasteiger partial charge in [-0.05, 0) is 25.1 Å². The van der Waals surface area contributed by atoms with E-state index in [1.807, 2.05) is 0 Å². The normalized spacial score (nSPS) is 15.0. The minimum absolute atomic E-state index is 0. The number of benzene rings is 1. The van der Waals surface area contributed by atoms with Crippen molar-refractivity contribution in [1.82, 2.24) is 10.2 Å². The molecule has 2 N–H and O–H groups in total. The first-order valence-electron chi connectivity index (χ1n) is 7.87. The van der Waals surface area contributed by atoms with E-state index in [0.29, 0.717) is 25.7 Å². The molecule has 26 heavy (non-hydrogen) atoms. The number of nitrogens with one attached hydrogen (secondary N) is 2. The second kappa shape index (κ2) is 9.58. The molecular formula is C15H20ClF3N4O3. The van der Waals surface area contributed by atoms with Crippen molar-refractivity contribution in [2.24, 2.45) is 0 Å². The molecule has 2 rings (SSSR count). The molecule has 146 valence electrons. The lowest BCUT2D eigenvalue weighted by molar-refractivity contribution is -0.384. The van der Waals surface area contributed by atoms with Crippen LogP contribution in [0.3, 0.4) is 0 Å². The zero-order valence-electron chi connectivity index (χ0n) is 13.8. The molecule has 0 bridgehead atoms. The molecular weight excluding hydrogens is 377 g/mol. The molecule has 1 aromatic rings. The number of nitro groups is 1. The van der Waals surface area contributed by atoms with E-state index in [-0.39, 0.29) is 37.0 Å². The van der Waals surface area contributed by atoms with Crippen LogP contribution in [0.15, 0.2) is 18.2 Å². The first-order chi connectivity index (χ1) is 11.8. The molecule has 0 aliphatic carbocycles. The summed E-state index contributed by atoms with van der Waals surface area (Å²) in [5, 5.41) is 16.9. The van der Waals surface area contributed by atoms with Gasteiger partial charge in [-0.15, -0.1) is 12.4 Å². The predicted molar refractivity (Wildman–Crippen MR) is 92.5 cm³/mol. The maximum atomic E-state index is 12.7. The summed E-state index contributed by atoms with van der Waals surface area (Å²) in [6.45, 7) is 2.91. The van der Waals surface area contributed by atoms with E-state index in [2.05, 4.69) is 10.6 Å². The molecule has 1 aromatic carbocycles. The Kier molecular flexibility index (Phi) is 8.09. The number of anilines is 1. The maximum absolute atomic E-state index is 12.7. The molecule has 0 radical (unpaired) electrons. The fourth-order valence-corrected chi connectivity index (χ4v) is 2.57. The monoisotopic (exact) mass is 396 g/mol. The van der Waals surface area contributed by atoms with Gasteiger partial charge in [0, 0.05) is 38.7 Å². The highest BCUT2D eigenvalue weighted by atomic mass is 35.5. The molecule has 0 aromatic heterocycles. The van der Waals surface area contributed by atoms with E-state index in [1.165, 1.54) is 0 Å². The van der Waals surface area contributed by atoms with E-state index in [0.717, 1.165) is 25.1 Å². The van der Waals surface area contributed by atoms with Crippen LogP contribution in [0, 0.1) is 10.1 Å². The van der Waals surface area contributed by atoms with E-state index in [1.54, 1.807) is 4.90 Å². The summed E-state index contributed by atoms with van der Waals surface area (Å²) in [4.78, 5) is 24.0. The molecule has 1 aliphatic heterocycles. The number of alkyl halides is 3. The van der Waals surface area contributed by atoms with Crippen molar-refractivity contribution in [3.63, 3.8) is 0 Å². The van der Waals surface area contributed by atoms with Crippen LogP contribution in [0.25, 0.3) is 0 Å². The van der Waals surface area contributed by atoms with Gasteiger partial charge < -0.3 is 15.5 Å². The van der Waals surface area contributed by atoms with Crippen LogP contribution in [0.2, 0.25) is 0 Å². The van der Waals surface area contributed by atoms with Crippen molar-refractivity contribution in [3.8, 4) is 0 Å². The average Bonchev–Trinajstić information content (AvgIpc) is 2.83. The number of halogens is 4. The van der Waals surface area contributed by atoms with Gasteiger partial charge in [0.25, 0.3) is 5.69 Å². The van der Waals surface area contributed by atoms with Gasteiger partial charge in [0.2, 0.25) is 5.91 Å². The van der Waals surface area contributed by atoms with Crippen LogP contribution in [0.4, 0.5) is 24.5 Å². The van der Waals surface area contributed by atoms with Crippen LogP contribution in [0.1, 0.15) is 18.4 Å². The first kappa shape index (κ1) is 22.0. The number of carbonyl (C=O) groups is 1. The van der Waals surface area contributed by atoms with E-state index in [9.17, 15) is 28.1 Å². The fourth-order valence-electron chi connectivity index (χ4n) is 2.57. The van der Waals surface area contributed by atoms with E-state index >= 15 is 0 Å². The highest BCUT2D eigenvalue weighted by molar-refractivity contribution is 5.85. The van der Waals surface area contributed by atoms with Gasteiger partial charge >= 0.3 is 6.18 Å². The minimum atomic E-state index is -4.65. The number of rotatable bonds is 5. The predicted octanol–water partition coefficient (Wildman–Crippen LogP) is 2.66. The smallest absolute Gasteiger partial charge is 0.379 e. The molecule has 0 spiro atoms. The Balaban J connectivity index is 0.00000338. The minimum Gasteiger partial charge on any atom is -0.379 e. The lowest BCUT2D eigenvalue weighted by Crippen LogP contribution is -2.35. The van der Waals surface area contributed by atoms with Gasteiger partial charge in [-0.1, -0.05) is 0 Å². The van der Waals surface area contributed by atoms with Crippen molar-refractivity contribution in [3.05, 3.63) is 33.9 Å². The van der Waals surface area contributed by atoms with Crippen molar-refractivity contribution >= 4 is 29.7 Å². The zero-order chi connectivity index (χ0) is 18.4. The Hall–Kier alpha value is -2.07. The molecule has 11 heteroatoms. The zero-order valence-corrected chi connectivity index (χ0v) is 14.7. The highest BCUT2D eigenvalue weighted by Gasteiger charge is 2.33. The molecule has 1 saturated heterocycles. The SMILES string of the molecule is Cl.O=C(CCNc1ccc(C(F)(F)F)cc1[N+](=O)[O-])N1CCCNCC1. The van der Waals surface area contributed by atoms with Crippen molar-refractivity contribution in [2.45, 2.75) is 19.0 Å². The molecule has 0 saturated carbocycles. The molecule has 7 nitrogen and oxygen atoms in total. The number of hydrogen-bond acceptors (Lipinski definition) is 5. The number of nitrogens with zero attached hydrogens (tertiary/aromatic N) is 2. The van der Waals surface area contributed by atoms with E-state index < -0.39 is 22.4 Å². The van der Waals surface area contributed by atoms with Crippen LogP contribution in [0.5, 0.6) is 0 Å². The number of nitro benzene ring substituents is 1. The van der Waals surface area contributed by atoms with Gasteiger partial charge in [0.15, 0.2) is 0 Å². The largest absolute Gasteiger partial charge is 0.416 e. The number of hydrogen-bond donors (Lipinski definition) is 2. The molecule has 0 unspecified atom stereocenters.